The van der Waals surface area contributed by atoms with Crippen molar-refractivity contribution in [3.63, 3.8) is 0 Å². The summed E-state index contributed by atoms with van der Waals surface area (Å²) in [6.45, 7) is 2.17. The molecule has 0 saturated heterocycles. The summed E-state index contributed by atoms with van der Waals surface area (Å²) < 4.78 is 13.5. The van der Waals surface area contributed by atoms with Gasteiger partial charge in [0.25, 0.3) is 0 Å². The predicted octanol–water partition coefficient (Wildman–Crippen LogP) is 3.66. The first-order chi connectivity index (χ1) is 6.33. The maximum absolute atomic E-state index is 13.5. The Morgan fingerprint density at radius 2 is 2.31 bits per heavy atom. The molecule has 0 radical (unpaired) electrons. The summed E-state index contributed by atoms with van der Waals surface area (Å²) in [5.74, 6) is 0.495. The highest BCUT2D eigenvalue weighted by atomic mass is 19.1. The minimum absolute atomic E-state index is 0.00782. The predicted molar refractivity (Wildman–Crippen MR) is 52.4 cm³/mol. The fourth-order valence-corrected chi connectivity index (χ4v) is 2.37. The quantitative estimate of drug-likeness (QED) is 0.648. The smallest absolute Gasteiger partial charge is 0.126 e. The summed E-state index contributed by atoms with van der Waals surface area (Å²) in [6.07, 6.45) is 4.49. The molecule has 0 heterocycles. The lowest BCUT2D eigenvalue weighted by atomic mass is 9.96. The third kappa shape index (κ3) is 1.48. The van der Waals surface area contributed by atoms with E-state index in [1.807, 2.05) is 6.07 Å². The molecule has 1 unspecified atom stereocenters. The molecule has 1 aromatic carbocycles. The SMILES string of the molecule is CCCC1CCc2cccc(F)c21. The molecule has 70 valence electrons. The molecule has 0 aliphatic heterocycles. The zero-order valence-corrected chi connectivity index (χ0v) is 8.02. The van der Waals surface area contributed by atoms with Crippen molar-refractivity contribution in [3.05, 3.63) is 35.1 Å². The number of fused-ring (bicyclic) bond motifs is 1. The van der Waals surface area contributed by atoms with Crippen LogP contribution in [-0.4, -0.2) is 0 Å². The van der Waals surface area contributed by atoms with Crippen LogP contribution in [0.2, 0.25) is 0 Å². The second-order valence-electron chi connectivity index (χ2n) is 3.84. The molecule has 0 fully saturated rings. The number of benzene rings is 1. The summed E-state index contributed by atoms with van der Waals surface area (Å²) in [5, 5.41) is 0. The van der Waals surface area contributed by atoms with Crippen molar-refractivity contribution in [1.82, 2.24) is 0 Å². The van der Waals surface area contributed by atoms with Gasteiger partial charge in [-0.05, 0) is 42.4 Å². The molecule has 13 heavy (non-hydrogen) atoms. The number of halogens is 1. The highest BCUT2D eigenvalue weighted by Crippen LogP contribution is 2.37. The van der Waals surface area contributed by atoms with E-state index in [-0.39, 0.29) is 5.82 Å². The first kappa shape index (κ1) is 8.74. The van der Waals surface area contributed by atoms with Crippen molar-refractivity contribution in [1.29, 1.82) is 0 Å². The van der Waals surface area contributed by atoms with Crippen molar-refractivity contribution in [2.75, 3.05) is 0 Å². The van der Waals surface area contributed by atoms with Crippen molar-refractivity contribution in [2.45, 2.75) is 38.5 Å². The fourth-order valence-electron chi connectivity index (χ4n) is 2.37. The average molecular weight is 178 g/mol. The minimum Gasteiger partial charge on any atom is -0.207 e. The molecule has 0 aromatic heterocycles. The van der Waals surface area contributed by atoms with Crippen LogP contribution in [0.25, 0.3) is 0 Å². The van der Waals surface area contributed by atoms with Crippen LogP contribution in [0.1, 0.15) is 43.2 Å². The van der Waals surface area contributed by atoms with Crippen LogP contribution in [0, 0.1) is 5.82 Å². The zero-order chi connectivity index (χ0) is 9.26. The van der Waals surface area contributed by atoms with Crippen LogP contribution in [0.5, 0.6) is 0 Å². The summed E-state index contributed by atoms with van der Waals surface area (Å²) >= 11 is 0. The molecule has 1 atom stereocenters. The van der Waals surface area contributed by atoms with E-state index in [1.54, 1.807) is 6.07 Å². The molecule has 1 heteroatoms. The van der Waals surface area contributed by atoms with Crippen molar-refractivity contribution < 1.29 is 4.39 Å². The van der Waals surface area contributed by atoms with Crippen molar-refractivity contribution in [3.8, 4) is 0 Å². The number of aryl methyl sites for hydroxylation is 1. The zero-order valence-electron chi connectivity index (χ0n) is 8.02. The standard InChI is InChI=1S/C12H15F/c1-2-4-9-7-8-10-5-3-6-11(13)12(9)10/h3,5-6,9H,2,4,7-8H2,1H3. The molecule has 0 amide bonds. The topological polar surface area (TPSA) is 0 Å². The van der Waals surface area contributed by atoms with Gasteiger partial charge in [0.05, 0.1) is 0 Å². The molecule has 1 aromatic rings. The summed E-state index contributed by atoms with van der Waals surface area (Å²) in [5.41, 5.74) is 2.24. The van der Waals surface area contributed by atoms with Crippen molar-refractivity contribution >= 4 is 0 Å². The Morgan fingerprint density at radius 3 is 3.08 bits per heavy atom. The second kappa shape index (κ2) is 3.49. The van der Waals surface area contributed by atoms with E-state index in [1.165, 1.54) is 5.56 Å². The van der Waals surface area contributed by atoms with Crippen LogP contribution >= 0.6 is 0 Å². The van der Waals surface area contributed by atoms with Gasteiger partial charge < -0.3 is 0 Å². The molecular weight excluding hydrogens is 163 g/mol. The van der Waals surface area contributed by atoms with E-state index in [9.17, 15) is 4.39 Å². The van der Waals surface area contributed by atoms with Gasteiger partial charge in [0, 0.05) is 0 Å². The lowest BCUT2D eigenvalue weighted by molar-refractivity contribution is 0.555. The Hall–Kier alpha value is -0.850. The molecular formula is C12H15F. The maximum atomic E-state index is 13.5. The Balaban J connectivity index is 2.34. The van der Waals surface area contributed by atoms with Gasteiger partial charge in [-0.1, -0.05) is 25.5 Å². The minimum atomic E-state index is 0.00782. The number of rotatable bonds is 2. The maximum Gasteiger partial charge on any atom is 0.126 e. The van der Waals surface area contributed by atoms with Gasteiger partial charge in [0.15, 0.2) is 0 Å². The summed E-state index contributed by atoms with van der Waals surface area (Å²) in [7, 11) is 0. The van der Waals surface area contributed by atoms with E-state index in [4.69, 9.17) is 0 Å². The summed E-state index contributed by atoms with van der Waals surface area (Å²) in [6, 6.07) is 5.48. The largest absolute Gasteiger partial charge is 0.207 e. The molecule has 0 bridgehead atoms. The van der Waals surface area contributed by atoms with Gasteiger partial charge in [0.1, 0.15) is 5.82 Å². The van der Waals surface area contributed by atoms with Gasteiger partial charge >= 0.3 is 0 Å². The highest BCUT2D eigenvalue weighted by Gasteiger charge is 2.24. The van der Waals surface area contributed by atoms with Gasteiger partial charge in [0.2, 0.25) is 0 Å². The first-order valence-electron chi connectivity index (χ1n) is 5.10. The van der Waals surface area contributed by atoms with Gasteiger partial charge in [-0.2, -0.15) is 0 Å². The first-order valence-corrected chi connectivity index (χ1v) is 5.10. The van der Waals surface area contributed by atoms with Gasteiger partial charge in [-0.15, -0.1) is 0 Å². The van der Waals surface area contributed by atoms with E-state index < -0.39 is 0 Å². The van der Waals surface area contributed by atoms with E-state index >= 15 is 0 Å². The van der Waals surface area contributed by atoms with Crippen LogP contribution in [-0.2, 0) is 6.42 Å². The molecule has 1 aliphatic carbocycles. The number of hydrogen-bond donors (Lipinski definition) is 0. The number of hydrogen-bond acceptors (Lipinski definition) is 0. The van der Waals surface area contributed by atoms with Gasteiger partial charge in [-0.3, -0.25) is 0 Å². The van der Waals surface area contributed by atoms with Crippen LogP contribution < -0.4 is 0 Å². The monoisotopic (exact) mass is 178 g/mol. The lowest BCUT2D eigenvalue weighted by Gasteiger charge is -2.10. The van der Waals surface area contributed by atoms with Crippen molar-refractivity contribution in [2.24, 2.45) is 0 Å². The highest BCUT2D eigenvalue weighted by molar-refractivity contribution is 5.36. The Kier molecular flexibility index (Phi) is 2.34. The molecule has 2 rings (SSSR count). The molecule has 0 spiro atoms. The third-order valence-corrected chi connectivity index (χ3v) is 2.95. The molecule has 0 N–H and O–H groups in total. The third-order valence-electron chi connectivity index (χ3n) is 2.95. The average Bonchev–Trinajstić information content (AvgIpc) is 2.51. The van der Waals surface area contributed by atoms with Crippen LogP contribution in [0.3, 0.4) is 0 Å². The van der Waals surface area contributed by atoms with E-state index in [0.29, 0.717) is 5.92 Å². The molecule has 1 aliphatic rings. The summed E-state index contributed by atoms with van der Waals surface area (Å²) in [4.78, 5) is 0. The van der Waals surface area contributed by atoms with Crippen LogP contribution in [0.4, 0.5) is 4.39 Å². The van der Waals surface area contributed by atoms with Crippen LogP contribution in [0.15, 0.2) is 18.2 Å². The van der Waals surface area contributed by atoms with E-state index in [0.717, 1.165) is 31.2 Å². The van der Waals surface area contributed by atoms with E-state index in [2.05, 4.69) is 13.0 Å². The fraction of sp³-hybridized carbons (Fsp3) is 0.500. The molecule has 0 nitrogen and oxygen atoms in total. The normalized spacial score (nSPS) is 20.3. The second-order valence-corrected chi connectivity index (χ2v) is 3.84. The Morgan fingerprint density at radius 1 is 1.46 bits per heavy atom. The molecule has 0 saturated carbocycles. The Bertz CT molecular complexity index is 302. The Labute approximate surface area is 78.8 Å². The lowest BCUT2D eigenvalue weighted by Crippen LogP contribution is -1.96. The van der Waals surface area contributed by atoms with Gasteiger partial charge in [-0.25, -0.2) is 4.39 Å².